The van der Waals surface area contributed by atoms with Crippen molar-refractivity contribution in [2.45, 2.75) is 44.1 Å². The average molecular weight is 422 g/mol. The molecule has 0 bridgehead atoms. The van der Waals surface area contributed by atoms with Gasteiger partial charge < -0.3 is 15.1 Å². The van der Waals surface area contributed by atoms with Crippen LogP contribution in [-0.2, 0) is 0 Å². The lowest BCUT2D eigenvalue weighted by atomic mass is 9.92. The Bertz CT molecular complexity index is 879. The molecule has 2 aromatic heterocycles. The summed E-state index contributed by atoms with van der Waals surface area (Å²) in [7, 11) is 2.13. The molecule has 2 fully saturated rings. The highest BCUT2D eigenvalue weighted by atomic mass is 16.2. The molecule has 0 radical (unpaired) electrons. The molecule has 2 saturated heterocycles. The van der Waals surface area contributed by atoms with E-state index in [4.69, 9.17) is 0 Å². The minimum atomic E-state index is -0.0613. The SMILES string of the molecule is CN1CCCC[C@@H]1CNC(=O)c1ccc(C2CCN(C(=O)c3ccccn3)CC2)nc1. The summed E-state index contributed by atoms with van der Waals surface area (Å²) < 4.78 is 0. The number of hydrogen-bond acceptors (Lipinski definition) is 5. The van der Waals surface area contributed by atoms with Crippen LogP contribution in [-0.4, -0.2) is 70.9 Å². The van der Waals surface area contributed by atoms with E-state index in [0.29, 0.717) is 42.9 Å². The van der Waals surface area contributed by atoms with Crippen molar-refractivity contribution in [3.8, 4) is 0 Å². The Morgan fingerprint density at radius 2 is 1.87 bits per heavy atom. The Kier molecular flexibility index (Phi) is 6.92. The average Bonchev–Trinajstić information content (AvgIpc) is 2.84. The highest BCUT2D eigenvalue weighted by Gasteiger charge is 2.26. The van der Waals surface area contributed by atoms with Gasteiger partial charge in [-0.05, 0) is 63.5 Å². The van der Waals surface area contributed by atoms with Crippen LogP contribution >= 0.6 is 0 Å². The third-order valence-corrected chi connectivity index (χ3v) is 6.55. The summed E-state index contributed by atoms with van der Waals surface area (Å²) in [5.41, 5.74) is 2.09. The van der Waals surface area contributed by atoms with Gasteiger partial charge >= 0.3 is 0 Å². The molecule has 4 rings (SSSR count). The summed E-state index contributed by atoms with van der Waals surface area (Å²) in [5.74, 6) is 0.234. The van der Waals surface area contributed by atoms with Crippen molar-refractivity contribution in [1.29, 1.82) is 0 Å². The van der Waals surface area contributed by atoms with Gasteiger partial charge in [0.05, 0.1) is 5.56 Å². The summed E-state index contributed by atoms with van der Waals surface area (Å²) in [5, 5.41) is 3.06. The monoisotopic (exact) mass is 421 g/mol. The van der Waals surface area contributed by atoms with E-state index in [2.05, 4.69) is 27.2 Å². The number of hydrogen-bond donors (Lipinski definition) is 1. The number of likely N-dealkylation sites (N-methyl/N-ethyl adjacent to an activating group) is 1. The van der Waals surface area contributed by atoms with Gasteiger partial charge in [-0.25, -0.2) is 0 Å². The molecule has 4 heterocycles. The Morgan fingerprint density at radius 3 is 2.55 bits per heavy atom. The molecule has 2 aliphatic heterocycles. The van der Waals surface area contributed by atoms with E-state index >= 15 is 0 Å². The molecule has 2 aromatic rings. The highest BCUT2D eigenvalue weighted by molar-refractivity contribution is 5.94. The molecule has 0 aliphatic carbocycles. The predicted octanol–water partition coefficient (Wildman–Crippen LogP) is 2.71. The molecular weight excluding hydrogens is 390 g/mol. The number of likely N-dealkylation sites (tertiary alicyclic amines) is 2. The lowest BCUT2D eigenvalue weighted by molar-refractivity contribution is 0.0705. The number of carbonyl (C=O) groups is 2. The maximum Gasteiger partial charge on any atom is 0.272 e. The Labute approximate surface area is 183 Å². The van der Waals surface area contributed by atoms with Gasteiger partial charge in [0, 0.05) is 49.7 Å². The fraction of sp³-hybridized carbons (Fsp3) is 0.500. The number of pyridine rings is 2. The zero-order valence-electron chi connectivity index (χ0n) is 18.2. The molecular formula is C24H31N5O2. The minimum absolute atomic E-state index is 0.0114. The number of piperidine rings is 2. The lowest BCUT2D eigenvalue weighted by Gasteiger charge is -2.32. The van der Waals surface area contributed by atoms with E-state index in [1.165, 1.54) is 12.8 Å². The minimum Gasteiger partial charge on any atom is -0.350 e. The van der Waals surface area contributed by atoms with Crippen LogP contribution in [0.1, 0.15) is 64.6 Å². The molecule has 7 nitrogen and oxygen atoms in total. The second-order valence-corrected chi connectivity index (χ2v) is 8.59. The van der Waals surface area contributed by atoms with Crippen LogP contribution in [0.4, 0.5) is 0 Å². The third kappa shape index (κ3) is 5.28. The number of nitrogens with zero attached hydrogens (tertiary/aromatic N) is 4. The van der Waals surface area contributed by atoms with Crippen molar-refractivity contribution >= 4 is 11.8 Å². The molecule has 7 heteroatoms. The first-order valence-electron chi connectivity index (χ1n) is 11.3. The topological polar surface area (TPSA) is 78.4 Å². The fourth-order valence-corrected chi connectivity index (χ4v) is 4.53. The molecule has 0 spiro atoms. The van der Waals surface area contributed by atoms with E-state index in [1.54, 1.807) is 18.5 Å². The first-order valence-corrected chi connectivity index (χ1v) is 11.3. The number of nitrogens with one attached hydrogen (secondary N) is 1. The van der Waals surface area contributed by atoms with Gasteiger partial charge in [-0.2, -0.15) is 0 Å². The Hall–Kier alpha value is -2.80. The third-order valence-electron chi connectivity index (χ3n) is 6.55. The highest BCUT2D eigenvalue weighted by Crippen LogP contribution is 2.27. The van der Waals surface area contributed by atoms with Crippen LogP contribution < -0.4 is 5.32 Å². The first kappa shape index (κ1) is 21.4. The molecule has 2 aliphatic rings. The van der Waals surface area contributed by atoms with Crippen LogP contribution in [0.15, 0.2) is 42.7 Å². The standard InChI is InChI=1S/C24H31N5O2/c1-28-13-5-3-6-20(28)17-27-23(30)19-8-9-21(26-16-19)18-10-14-29(15-11-18)24(31)22-7-2-4-12-25-22/h2,4,7-9,12,16,18,20H,3,5-6,10-11,13-15,17H2,1H3,(H,27,30)/t20-/m1/s1. The summed E-state index contributed by atoms with van der Waals surface area (Å²) in [6.07, 6.45) is 8.66. The smallest absolute Gasteiger partial charge is 0.272 e. The van der Waals surface area contributed by atoms with Crippen molar-refractivity contribution in [2.75, 3.05) is 33.2 Å². The number of aromatic nitrogens is 2. The van der Waals surface area contributed by atoms with Gasteiger partial charge in [0.1, 0.15) is 5.69 Å². The molecule has 164 valence electrons. The first-order chi connectivity index (χ1) is 15.1. The van der Waals surface area contributed by atoms with Crippen molar-refractivity contribution < 1.29 is 9.59 Å². The van der Waals surface area contributed by atoms with Gasteiger partial charge in [-0.3, -0.25) is 19.6 Å². The van der Waals surface area contributed by atoms with Crippen LogP contribution in [0.3, 0.4) is 0 Å². The summed E-state index contributed by atoms with van der Waals surface area (Å²) in [6.45, 7) is 3.17. The second-order valence-electron chi connectivity index (χ2n) is 8.59. The normalized spacial score (nSPS) is 20.4. The quantitative estimate of drug-likeness (QED) is 0.803. The van der Waals surface area contributed by atoms with Gasteiger partial charge in [0.15, 0.2) is 0 Å². The molecule has 1 N–H and O–H groups in total. The summed E-state index contributed by atoms with van der Waals surface area (Å²) in [6, 6.07) is 9.65. The summed E-state index contributed by atoms with van der Waals surface area (Å²) in [4.78, 5) is 38.0. The van der Waals surface area contributed by atoms with Crippen LogP contribution in [0.5, 0.6) is 0 Å². The van der Waals surface area contributed by atoms with E-state index < -0.39 is 0 Å². The number of carbonyl (C=O) groups excluding carboxylic acids is 2. The van der Waals surface area contributed by atoms with Gasteiger partial charge in [-0.1, -0.05) is 12.5 Å². The van der Waals surface area contributed by atoms with Crippen molar-refractivity contribution in [3.05, 3.63) is 59.7 Å². The molecule has 0 saturated carbocycles. The molecule has 0 unspecified atom stereocenters. The zero-order valence-corrected chi connectivity index (χ0v) is 18.2. The lowest BCUT2D eigenvalue weighted by Crippen LogP contribution is -2.44. The molecule has 0 aromatic carbocycles. The van der Waals surface area contributed by atoms with Crippen molar-refractivity contribution in [2.24, 2.45) is 0 Å². The molecule has 2 amide bonds. The molecule has 31 heavy (non-hydrogen) atoms. The maximum atomic E-state index is 12.6. The predicted molar refractivity (Wildman–Crippen MR) is 119 cm³/mol. The van der Waals surface area contributed by atoms with E-state index in [1.807, 2.05) is 29.2 Å². The van der Waals surface area contributed by atoms with Crippen LogP contribution in [0.25, 0.3) is 0 Å². The zero-order chi connectivity index (χ0) is 21.6. The summed E-state index contributed by atoms with van der Waals surface area (Å²) >= 11 is 0. The van der Waals surface area contributed by atoms with Gasteiger partial charge in [0.2, 0.25) is 0 Å². The van der Waals surface area contributed by atoms with E-state index in [9.17, 15) is 9.59 Å². The molecule has 1 atom stereocenters. The largest absolute Gasteiger partial charge is 0.350 e. The number of amides is 2. The Morgan fingerprint density at radius 1 is 1.03 bits per heavy atom. The van der Waals surface area contributed by atoms with E-state index in [-0.39, 0.29) is 11.8 Å². The Balaban J connectivity index is 1.27. The van der Waals surface area contributed by atoms with Crippen LogP contribution in [0, 0.1) is 0 Å². The van der Waals surface area contributed by atoms with Crippen molar-refractivity contribution in [3.63, 3.8) is 0 Å². The van der Waals surface area contributed by atoms with Gasteiger partial charge in [-0.15, -0.1) is 0 Å². The second kappa shape index (κ2) is 10.0. The fourth-order valence-electron chi connectivity index (χ4n) is 4.53. The van der Waals surface area contributed by atoms with Gasteiger partial charge in [0.25, 0.3) is 11.8 Å². The van der Waals surface area contributed by atoms with Crippen molar-refractivity contribution in [1.82, 2.24) is 25.1 Å². The maximum absolute atomic E-state index is 12.6. The van der Waals surface area contributed by atoms with Crippen LogP contribution in [0.2, 0.25) is 0 Å². The number of rotatable bonds is 5. The van der Waals surface area contributed by atoms with E-state index in [0.717, 1.165) is 31.5 Å².